The molecule has 1 aliphatic rings. The van der Waals surface area contributed by atoms with E-state index in [4.69, 9.17) is 0 Å². The predicted octanol–water partition coefficient (Wildman–Crippen LogP) is 3.94. The van der Waals surface area contributed by atoms with Gasteiger partial charge in [0.15, 0.2) is 0 Å². The van der Waals surface area contributed by atoms with Gasteiger partial charge in [-0.05, 0) is 38.3 Å². The maximum absolute atomic E-state index is 4.05. The Labute approximate surface area is 94.0 Å². The van der Waals surface area contributed by atoms with E-state index in [1.165, 1.54) is 37.7 Å². The van der Waals surface area contributed by atoms with Crippen LogP contribution < -0.4 is 5.32 Å². The van der Waals surface area contributed by atoms with E-state index in [-0.39, 0.29) is 0 Å². The van der Waals surface area contributed by atoms with Crippen LogP contribution in [0.15, 0.2) is 36.1 Å². The van der Waals surface area contributed by atoms with Gasteiger partial charge in [0, 0.05) is 11.7 Å². The average molecular weight is 205 g/mol. The Balaban J connectivity index is 2.37. The monoisotopic (exact) mass is 205 g/mol. The van der Waals surface area contributed by atoms with Gasteiger partial charge < -0.3 is 5.32 Å². The zero-order chi connectivity index (χ0) is 11.1. The van der Waals surface area contributed by atoms with Crippen molar-refractivity contribution in [3.8, 4) is 0 Å². The number of nitrogens with one attached hydrogen (secondary N) is 1. The molecule has 1 N–H and O–H groups in total. The van der Waals surface area contributed by atoms with E-state index in [1.54, 1.807) is 0 Å². The molecule has 0 saturated heterocycles. The molecule has 0 unspecified atom stereocenters. The zero-order valence-electron chi connectivity index (χ0n) is 10.1. The minimum Gasteiger partial charge on any atom is -0.383 e. The summed E-state index contributed by atoms with van der Waals surface area (Å²) >= 11 is 0. The van der Waals surface area contributed by atoms with Gasteiger partial charge in [-0.15, -0.1) is 0 Å². The van der Waals surface area contributed by atoms with E-state index in [0.717, 1.165) is 5.70 Å². The molecule has 15 heavy (non-hydrogen) atoms. The molecule has 0 amide bonds. The topological polar surface area (TPSA) is 12.0 Å². The summed E-state index contributed by atoms with van der Waals surface area (Å²) in [7, 11) is 0. The summed E-state index contributed by atoms with van der Waals surface area (Å²) in [5.74, 6) is 0. The van der Waals surface area contributed by atoms with Crippen molar-refractivity contribution in [3.05, 3.63) is 36.1 Å². The fraction of sp³-hybridized carbons (Fsp3) is 0.571. The summed E-state index contributed by atoms with van der Waals surface area (Å²) in [6, 6.07) is 0.654. The minimum atomic E-state index is 0.654. The Morgan fingerprint density at radius 3 is 2.53 bits per heavy atom. The highest BCUT2D eigenvalue weighted by Crippen LogP contribution is 2.18. The molecule has 0 aliphatic heterocycles. The van der Waals surface area contributed by atoms with Crippen molar-refractivity contribution >= 4 is 0 Å². The molecular weight excluding hydrogens is 182 g/mol. The van der Waals surface area contributed by atoms with E-state index < -0.39 is 0 Å². The second-order valence-electron chi connectivity index (χ2n) is 4.39. The Bertz CT molecular complexity index is 255. The fourth-order valence-corrected chi connectivity index (χ4v) is 2.14. The molecule has 0 aromatic rings. The highest BCUT2D eigenvalue weighted by atomic mass is 14.9. The molecule has 0 bridgehead atoms. The number of allylic oxidation sites excluding steroid dienone is 4. The zero-order valence-corrected chi connectivity index (χ0v) is 10.1. The van der Waals surface area contributed by atoms with Gasteiger partial charge in [0.05, 0.1) is 0 Å². The van der Waals surface area contributed by atoms with E-state index in [0.29, 0.717) is 6.04 Å². The second kappa shape index (κ2) is 6.49. The van der Waals surface area contributed by atoms with Gasteiger partial charge in [-0.25, -0.2) is 0 Å². The van der Waals surface area contributed by atoms with Crippen LogP contribution in [0, 0.1) is 0 Å². The summed E-state index contributed by atoms with van der Waals surface area (Å²) in [4.78, 5) is 0. The van der Waals surface area contributed by atoms with Gasteiger partial charge in [-0.1, -0.05) is 38.0 Å². The number of hydrogen-bond acceptors (Lipinski definition) is 1. The summed E-state index contributed by atoms with van der Waals surface area (Å²) in [6.45, 7) is 8.19. The van der Waals surface area contributed by atoms with Crippen LogP contribution in [0.1, 0.15) is 46.0 Å². The molecule has 1 aliphatic carbocycles. The van der Waals surface area contributed by atoms with Gasteiger partial charge in [-0.3, -0.25) is 0 Å². The van der Waals surface area contributed by atoms with Crippen LogP contribution >= 0.6 is 0 Å². The molecule has 1 rings (SSSR count). The van der Waals surface area contributed by atoms with Crippen molar-refractivity contribution < 1.29 is 0 Å². The highest BCUT2D eigenvalue weighted by Gasteiger charge is 2.12. The third-order valence-corrected chi connectivity index (χ3v) is 2.83. The maximum Gasteiger partial charge on any atom is 0.0271 e. The lowest BCUT2D eigenvalue weighted by Crippen LogP contribution is -2.29. The fourth-order valence-electron chi connectivity index (χ4n) is 2.14. The van der Waals surface area contributed by atoms with Crippen molar-refractivity contribution in [1.29, 1.82) is 0 Å². The SMILES string of the molecule is C=C(/C=C(C)\C=C/C)NC1CCCCC1. The molecule has 0 spiro atoms. The third-order valence-electron chi connectivity index (χ3n) is 2.83. The first-order valence-corrected chi connectivity index (χ1v) is 5.99. The van der Waals surface area contributed by atoms with Gasteiger partial charge in [0.1, 0.15) is 0 Å². The minimum absolute atomic E-state index is 0.654. The highest BCUT2D eigenvalue weighted by molar-refractivity contribution is 5.25. The van der Waals surface area contributed by atoms with Crippen LogP contribution in [-0.4, -0.2) is 6.04 Å². The second-order valence-corrected chi connectivity index (χ2v) is 4.39. The van der Waals surface area contributed by atoms with E-state index >= 15 is 0 Å². The molecule has 1 saturated carbocycles. The average Bonchev–Trinajstić information content (AvgIpc) is 2.19. The molecule has 1 nitrogen and oxygen atoms in total. The normalized spacial score (nSPS) is 19.5. The Morgan fingerprint density at radius 1 is 1.27 bits per heavy atom. The van der Waals surface area contributed by atoms with Gasteiger partial charge >= 0.3 is 0 Å². The molecule has 84 valence electrons. The van der Waals surface area contributed by atoms with Gasteiger partial charge in [0.25, 0.3) is 0 Å². The van der Waals surface area contributed by atoms with E-state index in [9.17, 15) is 0 Å². The van der Waals surface area contributed by atoms with Crippen LogP contribution in [-0.2, 0) is 0 Å². The van der Waals surface area contributed by atoms with E-state index in [2.05, 4.69) is 37.0 Å². The van der Waals surface area contributed by atoms with Crippen LogP contribution in [0.25, 0.3) is 0 Å². The largest absolute Gasteiger partial charge is 0.383 e. The lowest BCUT2D eigenvalue weighted by atomic mass is 9.95. The Hall–Kier alpha value is -0.980. The molecule has 0 radical (unpaired) electrons. The van der Waals surface area contributed by atoms with Crippen molar-refractivity contribution in [2.75, 3.05) is 0 Å². The van der Waals surface area contributed by atoms with Crippen LogP contribution in [0.3, 0.4) is 0 Å². The summed E-state index contributed by atoms with van der Waals surface area (Å²) in [5.41, 5.74) is 2.31. The standard InChI is InChI=1S/C14H23N/c1-4-8-12(2)11-13(3)15-14-9-6-5-7-10-14/h4,8,11,14-15H,3,5-7,9-10H2,1-2H3/b8-4-,12-11-. The Kier molecular flexibility index (Phi) is 5.23. The Morgan fingerprint density at radius 2 is 1.93 bits per heavy atom. The van der Waals surface area contributed by atoms with Gasteiger partial charge in [0.2, 0.25) is 0 Å². The van der Waals surface area contributed by atoms with Crippen LogP contribution in [0.2, 0.25) is 0 Å². The summed E-state index contributed by atoms with van der Waals surface area (Å²) < 4.78 is 0. The van der Waals surface area contributed by atoms with Crippen molar-refractivity contribution in [1.82, 2.24) is 5.32 Å². The number of hydrogen-bond donors (Lipinski definition) is 1. The lowest BCUT2D eigenvalue weighted by molar-refractivity contribution is 0.399. The van der Waals surface area contributed by atoms with Crippen molar-refractivity contribution in [2.24, 2.45) is 0 Å². The molecule has 0 aromatic heterocycles. The summed E-state index contributed by atoms with van der Waals surface area (Å²) in [5, 5.41) is 3.50. The number of rotatable bonds is 4. The molecular formula is C14H23N. The van der Waals surface area contributed by atoms with Gasteiger partial charge in [-0.2, -0.15) is 0 Å². The molecule has 1 heteroatoms. The molecule has 0 atom stereocenters. The van der Waals surface area contributed by atoms with Crippen LogP contribution in [0.5, 0.6) is 0 Å². The van der Waals surface area contributed by atoms with E-state index in [1.807, 2.05) is 6.92 Å². The molecule has 0 heterocycles. The molecule has 0 aromatic carbocycles. The predicted molar refractivity (Wildman–Crippen MR) is 67.7 cm³/mol. The lowest BCUT2D eigenvalue weighted by Gasteiger charge is -2.24. The van der Waals surface area contributed by atoms with Crippen LogP contribution in [0.4, 0.5) is 0 Å². The summed E-state index contributed by atoms with van der Waals surface area (Å²) in [6.07, 6.45) is 13.0. The first-order valence-electron chi connectivity index (χ1n) is 5.99. The first kappa shape index (κ1) is 12.1. The molecule has 1 fully saturated rings. The smallest absolute Gasteiger partial charge is 0.0271 e. The third kappa shape index (κ3) is 4.87. The quantitative estimate of drug-likeness (QED) is 0.685. The maximum atomic E-state index is 4.05. The van der Waals surface area contributed by atoms with Crippen molar-refractivity contribution in [2.45, 2.75) is 52.0 Å². The van der Waals surface area contributed by atoms with Crippen molar-refractivity contribution in [3.63, 3.8) is 0 Å². The first-order chi connectivity index (χ1) is 7.22.